The first kappa shape index (κ1) is 18.2. The molecule has 0 atom stereocenters. The van der Waals surface area contributed by atoms with Crippen LogP contribution in [0.25, 0.3) is 0 Å². The number of hydrogen-bond acceptors (Lipinski definition) is 6. The third-order valence-electron chi connectivity index (χ3n) is 3.90. The van der Waals surface area contributed by atoms with E-state index < -0.39 is 0 Å². The molecule has 0 unspecified atom stereocenters. The van der Waals surface area contributed by atoms with Crippen molar-refractivity contribution in [2.45, 2.75) is 6.54 Å². The van der Waals surface area contributed by atoms with Crippen molar-refractivity contribution in [3.8, 4) is 11.5 Å². The summed E-state index contributed by atoms with van der Waals surface area (Å²) in [5.41, 5.74) is 2.12. The average Bonchev–Trinajstić information content (AvgIpc) is 2.73. The van der Waals surface area contributed by atoms with Crippen molar-refractivity contribution in [2.24, 2.45) is 0 Å². The lowest BCUT2D eigenvalue weighted by molar-refractivity contribution is 0.102. The zero-order valence-electron chi connectivity index (χ0n) is 15.1. The highest BCUT2D eigenvalue weighted by Gasteiger charge is 2.11. The maximum absolute atomic E-state index is 12.6. The molecule has 0 fully saturated rings. The molecule has 0 saturated heterocycles. The van der Waals surface area contributed by atoms with Gasteiger partial charge in [0.05, 0.1) is 19.9 Å². The van der Waals surface area contributed by atoms with Gasteiger partial charge < -0.3 is 20.1 Å². The second kappa shape index (κ2) is 8.66. The van der Waals surface area contributed by atoms with Crippen molar-refractivity contribution < 1.29 is 14.3 Å². The fourth-order valence-corrected chi connectivity index (χ4v) is 2.46. The number of rotatable bonds is 7. The van der Waals surface area contributed by atoms with Gasteiger partial charge in [-0.05, 0) is 42.0 Å². The SMILES string of the molecule is COc1ccc(NC(=O)c2ccnc(NCc3ccncc3)c2)c(OC)c1. The number of methoxy groups -OCH3 is 2. The Labute approximate surface area is 157 Å². The topological polar surface area (TPSA) is 85.4 Å². The molecule has 2 N–H and O–H groups in total. The third-order valence-corrected chi connectivity index (χ3v) is 3.90. The van der Waals surface area contributed by atoms with Crippen molar-refractivity contribution in [2.75, 3.05) is 24.9 Å². The number of amides is 1. The van der Waals surface area contributed by atoms with E-state index in [4.69, 9.17) is 9.47 Å². The minimum atomic E-state index is -0.257. The minimum Gasteiger partial charge on any atom is -0.497 e. The van der Waals surface area contributed by atoms with Gasteiger partial charge >= 0.3 is 0 Å². The summed E-state index contributed by atoms with van der Waals surface area (Å²) in [6.07, 6.45) is 5.06. The Bertz CT molecular complexity index is 916. The Morgan fingerprint density at radius 1 is 1.00 bits per heavy atom. The Kier molecular flexibility index (Phi) is 5.84. The van der Waals surface area contributed by atoms with Crippen LogP contribution in [0.2, 0.25) is 0 Å². The van der Waals surface area contributed by atoms with E-state index in [0.29, 0.717) is 35.1 Å². The highest BCUT2D eigenvalue weighted by Crippen LogP contribution is 2.29. The molecule has 3 rings (SSSR count). The number of benzene rings is 1. The Morgan fingerprint density at radius 3 is 2.56 bits per heavy atom. The van der Waals surface area contributed by atoms with E-state index in [1.807, 2.05) is 12.1 Å². The van der Waals surface area contributed by atoms with Gasteiger partial charge in [0.1, 0.15) is 17.3 Å². The van der Waals surface area contributed by atoms with Crippen LogP contribution in [0, 0.1) is 0 Å². The number of carbonyl (C=O) groups excluding carboxylic acids is 1. The van der Waals surface area contributed by atoms with E-state index in [-0.39, 0.29) is 5.91 Å². The van der Waals surface area contributed by atoms with Gasteiger partial charge in [-0.1, -0.05) is 0 Å². The zero-order chi connectivity index (χ0) is 19.1. The molecule has 1 amide bonds. The number of aromatic nitrogens is 2. The summed E-state index contributed by atoms with van der Waals surface area (Å²) >= 11 is 0. The number of carbonyl (C=O) groups is 1. The first-order chi connectivity index (χ1) is 13.2. The predicted molar refractivity (Wildman–Crippen MR) is 103 cm³/mol. The molecule has 3 aromatic rings. The smallest absolute Gasteiger partial charge is 0.255 e. The van der Waals surface area contributed by atoms with Gasteiger partial charge in [-0.3, -0.25) is 9.78 Å². The summed E-state index contributed by atoms with van der Waals surface area (Å²) in [6.45, 7) is 0.590. The number of hydrogen-bond donors (Lipinski definition) is 2. The lowest BCUT2D eigenvalue weighted by atomic mass is 10.2. The summed E-state index contributed by atoms with van der Waals surface area (Å²) in [7, 11) is 3.11. The van der Waals surface area contributed by atoms with E-state index in [1.54, 1.807) is 56.0 Å². The molecule has 0 bridgehead atoms. The molecule has 0 saturated carbocycles. The number of anilines is 2. The maximum atomic E-state index is 12.6. The van der Waals surface area contributed by atoms with Crippen LogP contribution in [-0.2, 0) is 6.54 Å². The zero-order valence-corrected chi connectivity index (χ0v) is 15.1. The third kappa shape index (κ3) is 4.72. The number of nitrogens with zero attached hydrogens (tertiary/aromatic N) is 2. The van der Waals surface area contributed by atoms with E-state index in [2.05, 4.69) is 20.6 Å². The van der Waals surface area contributed by atoms with E-state index in [9.17, 15) is 4.79 Å². The second-order valence-corrected chi connectivity index (χ2v) is 5.66. The summed E-state index contributed by atoms with van der Waals surface area (Å²) in [5.74, 6) is 1.53. The van der Waals surface area contributed by atoms with Crippen LogP contribution in [0.4, 0.5) is 11.5 Å². The van der Waals surface area contributed by atoms with Crippen molar-refractivity contribution >= 4 is 17.4 Å². The fourth-order valence-electron chi connectivity index (χ4n) is 2.46. The van der Waals surface area contributed by atoms with Crippen molar-refractivity contribution in [3.63, 3.8) is 0 Å². The van der Waals surface area contributed by atoms with Crippen molar-refractivity contribution in [1.29, 1.82) is 0 Å². The normalized spacial score (nSPS) is 10.1. The predicted octanol–water partition coefficient (Wildman–Crippen LogP) is 3.36. The lowest BCUT2D eigenvalue weighted by Crippen LogP contribution is -2.13. The molecular weight excluding hydrogens is 344 g/mol. The largest absolute Gasteiger partial charge is 0.497 e. The standard InChI is InChI=1S/C20H20N4O3/c1-26-16-3-4-17(18(12-16)27-2)24-20(25)15-7-10-22-19(11-15)23-13-14-5-8-21-9-6-14/h3-12H,13H2,1-2H3,(H,22,23)(H,24,25). The molecular formula is C20H20N4O3. The molecule has 27 heavy (non-hydrogen) atoms. The minimum absolute atomic E-state index is 0.257. The molecule has 7 nitrogen and oxygen atoms in total. The van der Waals surface area contributed by atoms with Crippen LogP contribution in [-0.4, -0.2) is 30.1 Å². The Balaban J connectivity index is 1.70. The number of ether oxygens (including phenoxy) is 2. The summed E-state index contributed by atoms with van der Waals surface area (Å²) in [4.78, 5) is 20.8. The van der Waals surface area contributed by atoms with Crippen LogP contribution in [0.3, 0.4) is 0 Å². The second-order valence-electron chi connectivity index (χ2n) is 5.66. The van der Waals surface area contributed by atoms with Crippen LogP contribution < -0.4 is 20.1 Å². The van der Waals surface area contributed by atoms with Crippen molar-refractivity contribution in [3.05, 3.63) is 72.2 Å². The molecule has 138 valence electrons. The first-order valence-electron chi connectivity index (χ1n) is 8.32. The number of nitrogens with one attached hydrogen (secondary N) is 2. The van der Waals surface area contributed by atoms with Gasteiger partial charge in [-0.25, -0.2) is 4.98 Å². The van der Waals surface area contributed by atoms with Gasteiger partial charge in [-0.2, -0.15) is 0 Å². The van der Waals surface area contributed by atoms with Crippen LogP contribution in [0.5, 0.6) is 11.5 Å². The quantitative estimate of drug-likeness (QED) is 0.669. The van der Waals surface area contributed by atoms with E-state index in [0.717, 1.165) is 5.56 Å². The molecule has 0 aliphatic rings. The molecule has 7 heteroatoms. The molecule has 0 radical (unpaired) electrons. The Hall–Kier alpha value is -3.61. The van der Waals surface area contributed by atoms with Gasteiger partial charge in [0.2, 0.25) is 0 Å². The van der Waals surface area contributed by atoms with Crippen LogP contribution >= 0.6 is 0 Å². The molecule has 0 aliphatic heterocycles. The fraction of sp³-hybridized carbons (Fsp3) is 0.150. The first-order valence-corrected chi connectivity index (χ1v) is 8.32. The average molecular weight is 364 g/mol. The maximum Gasteiger partial charge on any atom is 0.255 e. The van der Waals surface area contributed by atoms with E-state index >= 15 is 0 Å². The molecule has 0 spiro atoms. The van der Waals surface area contributed by atoms with Gasteiger partial charge in [0, 0.05) is 36.8 Å². The molecule has 0 aliphatic carbocycles. The van der Waals surface area contributed by atoms with Gasteiger partial charge in [0.15, 0.2) is 0 Å². The van der Waals surface area contributed by atoms with Crippen LogP contribution in [0.15, 0.2) is 61.1 Å². The van der Waals surface area contributed by atoms with Gasteiger partial charge in [0.25, 0.3) is 5.91 Å². The van der Waals surface area contributed by atoms with Gasteiger partial charge in [-0.15, -0.1) is 0 Å². The number of pyridine rings is 2. The summed E-state index contributed by atoms with van der Waals surface area (Å²) in [6, 6.07) is 12.4. The Morgan fingerprint density at radius 2 is 1.81 bits per heavy atom. The highest BCUT2D eigenvalue weighted by molar-refractivity contribution is 6.05. The molecule has 2 aromatic heterocycles. The van der Waals surface area contributed by atoms with Crippen molar-refractivity contribution in [1.82, 2.24) is 9.97 Å². The summed E-state index contributed by atoms with van der Waals surface area (Å²) in [5, 5.41) is 6.04. The monoisotopic (exact) mass is 364 g/mol. The molecule has 1 aromatic carbocycles. The molecule has 2 heterocycles. The van der Waals surface area contributed by atoms with E-state index in [1.165, 1.54) is 7.11 Å². The highest BCUT2D eigenvalue weighted by atomic mass is 16.5. The van der Waals surface area contributed by atoms with Crippen LogP contribution in [0.1, 0.15) is 15.9 Å². The lowest BCUT2D eigenvalue weighted by Gasteiger charge is -2.12. The summed E-state index contributed by atoms with van der Waals surface area (Å²) < 4.78 is 10.5.